The Morgan fingerprint density at radius 1 is 0.889 bits per heavy atom. The van der Waals surface area contributed by atoms with Crippen LogP contribution in [0.15, 0.2) is 115 Å². The van der Waals surface area contributed by atoms with E-state index in [9.17, 15) is 14.7 Å². The van der Waals surface area contributed by atoms with Gasteiger partial charge < -0.3 is 20.9 Å². The smallest absolute Gasteiger partial charge is 0.330 e. The highest BCUT2D eigenvalue weighted by Gasteiger charge is 2.34. The Hall–Kier alpha value is -4.49. The molecule has 0 bridgehead atoms. The van der Waals surface area contributed by atoms with E-state index in [2.05, 4.69) is 9.97 Å². The number of imidazole rings is 1. The fourth-order valence-corrected chi connectivity index (χ4v) is 3.95. The summed E-state index contributed by atoms with van der Waals surface area (Å²) < 4.78 is 0. The van der Waals surface area contributed by atoms with Crippen molar-refractivity contribution < 1.29 is 19.8 Å². The van der Waals surface area contributed by atoms with Gasteiger partial charge in [0.15, 0.2) is 0 Å². The molecule has 0 aliphatic heterocycles. The van der Waals surface area contributed by atoms with E-state index in [1.165, 1.54) is 6.33 Å². The number of allylic oxidation sites excluding steroid dienone is 1. The number of hydrogen-bond donors (Lipinski definition) is 4. The molecule has 1 aromatic heterocycles. The maximum absolute atomic E-state index is 11.6. The molecular formula is C29H29N3O4. The number of carboxylic acids is 2. The van der Waals surface area contributed by atoms with E-state index in [-0.39, 0.29) is 6.42 Å². The van der Waals surface area contributed by atoms with Crippen LogP contribution >= 0.6 is 0 Å². The number of nitrogens with one attached hydrogen (secondary N) is 1. The first-order valence-electron chi connectivity index (χ1n) is 11.4. The zero-order chi connectivity index (χ0) is 26.0. The van der Waals surface area contributed by atoms with Gasteiger partial charge in [-0.25, -0.2) is 9.78 Å². The maximum atomic E-state index is 11.6. The predicted molar refractivity (Wildman–Crippen MR) is 139 cm³/mol. The van der Waals surface area contributed by atoms with Crippen LogP contribution in [0.5, 0.6) is 0 Å². The number of aliphatic carboxylic acids is 2. The van der Waals surface area contributed by atoms with Crippen molar-refractivity contribution in [3.63, 3.8) is 0 Å². The highest BCUT2D eigenvalue weighted by Crippen LogP contribution is 2.41. The summed E-state index contributed by atoms with van der Waals surface area (Å²) in [7, 11) is 0. The van der Waals surface area contributed by atoms with E-state index in [1.54, 1.807) is 13.1 Å². The second-order valence-electron chi connectivity index (χ2n) is 8.25. The average Bonchev–Trinajstić information content (AvgIpc) is 3.42. The number of carbonyl (C=O) groups is 2. The molecule has 0 saturated carbocycles. The Bertz CT molecular complexity index is 1180. The fourth-order valence-electron chi connectivity index (χ4n) is 3.95. The van der Waals surface area contributed by atoms with Crippen molar-refractivity contribution in [2.24, 2.45) is 5.73 Å². The topological polar surface area (TPSA) is 129 Å². The molecule has 36 heavy (non-hydrogen) atoms. The van der Waals surface area contributed by atoms with Crippen LogP contribution in [0, 0.1) is 0 Å². The highest BCUT2D eigenvalue weighted by atomic mass is 16.4. The summed E-state index contributed by atoms with van der Waals surface area (Å²) in [6.07, 6.45) is 5.24. The van der Waals surface area contributed by atoms with Crippen molar-refractivity contribution in [1.82, 2.24) is 9.97 Å². The van der Waals surface area contributed by atoms with Gasteiger partial charge in [-0.1, -0.05) is 97.1 Å². The number of carboxylic acid groups (broad SMARTS) is 2. The highest BCUT2D eigenvalue weighted by molar-refractivity contribution is 5.86. The first kappa shape index (κ1) is 26.1. The Morgan fingerprint density at radius 3 is 1.67 bits per heavy atom. The summed E-state index contributed by atoms with van der Waals surface area (Å²) in [5.41, 5.74) is 8.68. The van der Waals surface area contributed by atoms with Crippen LogP contribution in [0.1, 0.15) is 29.3 Å². The first-order chi connectivity index (χ1) is 17.3. The molecule has 5 N–H and O–H groups in total. The third-order valence-electron chi connectivity index (χ3n) is 5.76. The molecule has 0 aliphatic rings. The van der Waals surface area contributed by atoms with Gasteiger partial charge >= 0.3 is 11.9 Å². The number of nitrogens with two attached hydrogens (primary N) is 1. The summed E-state index contributed by atoms with van der Waals surface area (Å²) in [5.74, 6) is -1.92. The second kappa shape index (κ2) is 12.3. The molecule has 0 spiro atoms. The summed E-state index contributed by atoms with van der Waals surface area (Å²) in [6.45, 7) is 1.64. The van der Waals surface area contributed by atoms with Gasteiger partial charge in [0.25, 0.3) is 0 Å². The van der Waals surface area contributed by atoms with E-state index >= 15 is 0 Å². The minimum Gasteiger partial charge on any atom is -0.480 e. The third-order valence-corrected chi connectivity index (χ3v) is 5.76. The Labute approximate surface area is 210 Å². The Kier molecular flexibility index (Phi) is 8.91. The maximum Gasteiger partial charge on any atom is 0.330 e. The number of benzene rings is 3. The van der Waals surface area contributed by atoms with Crippen molar-refractivity contribution in [3.05, 3.63) is 138 Å². The third kappa shape index (κ3) is 6.34. The normalized spacial score (nSPS) is 12.2. The van der Waals surface area contributed by atoms with Gasteiger partial charge in [0, 0.05) is 18.2 Å². The molecule has 0 amide bonds. The van der Waals surface area contributed by atoms with Crippen molar-refractivity contribution in [2.75, 3.05) is 0 Å². The molecule has 184 valence electrons. The van der Waals surface area contributed by atoms with Crippen molar-refractivity contribution in [3.8, 4) is 0 Å². The lowest BCUT2D eigenvalue weighted by atomic mass is 9.68. The first-order valence-corrected chi connectivity index (χ1v) is 11.4. The number of aromatic amines is 1. The lowest BCUT2D eigenvalue weighted by Crippen LogP contribution is -2.32. The number of nitrogens with zero attached hydrogens (tertiary/aromatic N) is 1. The average molecular weight is 484 g/mol. The SMILES string of the molecule is CC(=CC(c1ccccc1)(c1ccccc1)c1ccccc1)C(=O)O.N[C@@H](Cc1c[nH]cn1)C(=O)O. The van der Waals surface area contributed by atoms with Gasteiger partial charge in [0.1, 0.15) is 6.04 Å². The fraction of sp³-hybridized carbons (Fsp3) is 0.138. The van der Waals surface area contributed by atoms with Gasteiger partial charge in [-0.2, -0.15) is 0 Å². The lowest BCUT2D eigenvalue weighted by molar-refractivity contribution is -0.138. The number of H-pyrrole nitrogens is 1. The van der Waals surface area contributed by atoms with Crippen LogP contribution in [0.4, 0.5) is 0 Å². The molecular weight excluding hydrogens is 454 g/mol. The predicted octanol–water partition coefficient (Wildman–Crippen LogP) is 4.42. The van der Waals surface area contributed by atoms with E-state index in [0.29, 0.717) is 11.3 Å². The molecule has 0 radical (unpaired) electrons. The van der Waals surface area contributed by atoms with Crippen molar-refractivity contribution in [2.45, 2.75) is 24.8 Å². The quantitative estimate of drug-likeness (QED) is 0.217. The largest absolute Gasteiger partial charge is 0.480 e. The molecule has 0 unspecified atom stereocenters. The van der Waals surface area contributed by atoms with Crippen LogP contribution in [-0.4, -0.2) is 38.2 Å². The van der Waals surface area contributed by atoms with Crippen molar-refractivity contribution >= 4 is 11.9 Å². The van der Waals surface area contributed by atoms with Gasteiger partial charge in [0.2, 0.25) is 0 Å². The van der Waals surface area contributed by atoms with Crippen molar-refractivity contribution in [1.29, 1.82) is 0 Å². The number of rotatable bonds is 8. The summed E-state index contributed by atoms with van der Waals surface area (Å²) in [6, 6.07) is 29.2. The summed E-state index contributed by atoms with van der Waals surface area (Å²) in [4.78, 5) is 28.4. The van der Waals surface area contributed by atoms with Crippen LogP contribution in [0.2, 0.25) is 0 Å². The monoisotopic (exact) mass is 483 g/mol. The van der Waals surface area contributed by atoms with Gasteiger partial charge in [-0.05, 0) is 23.6 Å². The summed E-state index contributed by atoms with van der Waals surface area (Å²) >= 11 is 0. The standard InChI is InChI=1S/C23H20O2.C6H9N3O2/c1-18(22(24)25)17-23(19-11-5-2-6-12-19,20-13-7-3-8-14-20)21-15-9-4-10-16-21;7-5(6(10)11)1-4-2-8-3-9-4/h2-17H,1H3,(H,24,25);2-3,5H,1,7H2,(H,8,9)(H,10,11)/t;5-/m.0/s1. The number of aromatic nitrogens is 2. The molecule has 4 rings (SSSR count). The molecule has 7 heteroatoms. The van der Waals surface area contributed by atoms with Gasteiger partial charge in [-0.3, -0.25) is 4.79 Å². The zero-order valence-corrected chi connectivity index (χ0v) is 19.9. The van der Waals surface area contributed by atoms with E-state index in [0.717, 1.165) is 16.7 Å². The Morgan fingerprint density at radius 2 is 1.33 bits per heavy atom. The zero-order valence-electron chi connectivity index (χ0n) is 19.9. The minimum absolute atomic E-state index is 0.263. The molecule has 4 aromatic rings. The van der Waals surface area contributed by atoms with Gasteiger partial charge in [-0.15, -0.1) is 0 Å². The van der Waals surface area contributed by atoms with Crippen LogP contribution < -0.4 is 5.73 Å². The molecule has 1 heterocycles. The minimum atomic E-state index is -1.01. The molecule has 0 aliphatic carbocycles. The second-order valence-corrected chi connectivity index (χ2v) is 8.25. The molecule has 0 saturated heterocycles. The molecule has 0 fully saturated rings. The van der Waals surface area contributed by atoms with E-state index < -0.39 is 23.4 Å². The van der Waals surface area contributed by atoms with Crippen LogP contribution in [-0.2, 0) is 21.4 Å². The lowest BCUT2D eigenvalue weighted by Gasteiger charge is -2.33. The molecule has 7 nitrogen and oxygen atoms in total. The number of hydrogen-bond acceptors (Lipinski definition) is 4. The summed E-state index contributed by atoms with van der Waals surface area (Å²) in [5, 5.41) is 17.9. The molecule has 1 atom stereocenters. The molecule has 3 aromatic carbocycles. The van der Waals surface area contributed by atoms with Crippen LogP contribution in [0.3, 0.4) is 0 Å². The Balaban J connectivity index is 0.000000275. The van der Waals surface area contributed by atoms with E-state index in [4.69, 9.17) is 10.8 Å². The van der Waals surface area contributed by atoms with Gasteiger partial charge in [0.05, 0.1) is 17.4 Å². The van der Waals surface area contributed by atoms with Crippen LogP contribution in [0.25, 0.3) is 0 Å². The van der Waals surface area contributed by atoms with E-state index in [1.807, 2.05) is 97.1 Å².